The van der Waals surface area contributed by atoms with Crippen LogP contribution in [0.1, 0.15) is 11.1 Å². The number of allylic oxidation sites excluding steroid dienone is 5. The summed E-state index contributed by atoms with van der Waals surface area (Å²) in [5, 5.41) is 21.8. The lowest BCUT2D eigenvalue weighted by atomic mass is 9.90. The highest BCUT2D eigenvalue weighted by molar-refractivity contribution is 14.1. The average Bonchev–Trinajstić information content (AvgIpc) is 2.75. The Balaban J connectivity index is 2.68. The van der Waals surface area contributed by atoms with Crippen LogP contribution in [0.4, 0.5) is 5.69 Å². The van der Waals surface area contributed by atoms with Crippen LogP contribution < -0.4 is 0 Å². The number of phenolic OH excluding ortho intramolecular Hbond substituents is 1. The van der Waals surface area contributed by atoms with E-state index in [0.717, 1.165) is 6.07 Å². The molecule has 0 saturated heterocycles. The van der Waals surface area contributed by atoms with Gasteiger partial charge in [0.2, 0.25) is 11.5 Å². The van der Waals surface area contributed by atoms with Gasteiger partial charge >= 0.3 is 5.69 Å². The Labute approximate surface area is 262 Å². The quantitative estimate of drug-likeness (QED) is 0.0786. The first kappa shape index (κ1) is 29.6. The van der Waals surface area contributed by atoms with Crippen molar-refractivity contribution in [3.05, 3.63) is 81.5 Å². The highest BCUT2D eigenvalue weighted by Gasteiger charge is 2.32. The minimum atomic E-state index is -4.88. The lowest BCUT2D eigenvalue weighted by Gasteiger charge is -2.21. The maximum Gasteiger partial charge on any atom is 0.312 e. The maximum absolute atomic E-state index is 12.6. The zero-order valence-corrected chi connectivity index (χ0v) is 28.7. The van der Waals surface area contributed by atoms with Gasteiger partial charge in [-0.05, 0) is 153 Å². The minimum absolute atomic E-state index is 0.0240. The summed E-state index contributed by atoms with van der Waals surface area (Å²) in [6.45, 7) is 0. The number of nitro benzene ring substituents is 1. The molecule has 1 aliphatic rings. The first-order valence-electron chi connectivity index (χ1n) is 8.62. The predicted molar refractivity (Wildman–Crippen MR) is 160 cm³/mol. The van der Waals surface area contributed by atoms with E-state index in [1.807, 2.05) is 22.6 Å². The van der Waals surface area contributed by atoms with Crippen molar-refractivity contribution in [2.24, 2.45) is 0 Å². The van der Waals surface area contributed by atoms with Crippen LogP contribution in [0.2, 0.25) is 0 Å². The van der Waals surface area contributed by atoms with Crippen LogP contribution in [0.3, 0.4) is 0 Å². The lowest BCUT2D eigenvalue weighted by Crippen LogP contribution is -2.10. The van der Waals surface area contributed by atoms with Crippen LogP contribution >= 0.6 is 118 Å². The van der Waals surface area contributed by atoms with E-state index in [9.17, 15) is 33.0 Å². The number of nitrogens with zero attached hydrogens (tertiary/aromatic N) is 1. The van der Waals surface area contributed by atoms with E-state index in [2.05, 4.69) is 95.6 Å². The lowest BCUT2D eigenvalue weighted by molar-refractivity contribution is -0.386. The number of hydrogen-bond donors (Lipinski definition) is 2. The first-order valence-corrected chi connectivity index (χ1v) is 15.9. The fraction of sp³-hybridized carbons (Fsp3) is 0. The minimum Gasteiger partial charge on any atom is -0.501 e. The van der Waals surface area contributed by atoms with Crippen molar-refractivity contribution in [1.29, 1.82) is 0 Å². The Morgan fingerprint density at radius 1 is 0.971 bits per heavy atom. The zero-order chi connectivity index (χ0) is 26.6. The largest absolute Gasteiger partial charge is 0.501 e. The van der Waals surface area contributed by atoms with Crippen molar-refractivity contribution in [3.8, 4) is 5.75 Å². The molecule has 0 fully saturated rings. The zero-order valence-electron chi connectivity index (χ0n) is 16.2. The summed E-state index contributed by atoms with van der Waals surface area (Å²) in [6, 6.07) is 2.42. The molecule has 0 atom stereocenters. The molecule has 0 aromatic heterocycles. The molecule has 0 amide bonds. The molecule has 2 N–H and O–H groups in total. The van der Waals surface area contributed by atoms with Gasteiger partial charge in [-0.25, -0.2) is 0 Å². The topological polar surface area (TPSA) is 135 Å². The number of hydrogen-bond acceptors (Lipinski definition) is 6. The SMILES string of the molecule is O=C1C(Br)=CC(=C(c2cc(Br)c(O)c([N+](=O)[O-])c2)c2c(Br)c(Br)c(Br)c(Br)c2S(=O)(=O)O)C=C1I. The molecule has 35 heavy (non-hydrogen) atoms. The highest BCUT2D eigenvalue weighted by Crippen LogP contribution is 2.50. The third-order valence-electron chi connectivity index (χ3n) is 4.55. The van der Waals surface area contributed by atoms with E-state index in [1.54, 1.807) is 0 Å². The van der Waals surface area contributed by atoms with Gasteiger partial charge in [-0.2, -0.15) is 8.42 Å². The van der Waals surface area contributed by atoms with Crippen LogP contribution in [0.15, 0.2) is 65.2 Å². The third-order valence-corrected chi connectivity index (χ3v) is 12.5. The van der Waals surface area contributed by atoms with Gasteiger partial charge in [0, 0.05) is 25.0 Å². The molecule has 184 valence electrons. The first-order chi connectivity index (χ1) is 16.1. The summed E-state index contributed by atoms with van der Waals surface area (Å²) >= 11 is 21.3. The molecule has 0 aliphatic heterocycles. The maximum atomic E-state index is 12.6. The van der Waals surface area contributed by atoms with Gasteiger partial charge in [0.25, 0.3) is 10.1 Å². The van der Waals surface area contributed by atoms with E-state index in [4.69, 9.17) is 0 Å². The van der Waals surface area contributed by atoms with Crippen molar-refractivity contribution in [3.63, 3.8) is 0 Å². The van der Waals surface area contributed by atoms with E-state index >= 15 is 0 Å². The number of Topliss-reactive ketones (excluding diaryl/α,β-unsaturated/α-hetero) is 1. The molecule has 3 rings (SSSR count). The number of ketones is 1. The summed E-state index contributed by atoms with van der Waals surface area (Å²) in [5.74, 6) is -0.949. The second kappa shape index (κ2) is 11.0. The molecule has 0 unspecified atom stereocenters. The van der Waals surface area contributed by atoms with Gasteiger partial charge in [0.05, 0.1) is 21.9 Å². The van der Waals surface area contributed by atoms with E-state index in [1.165, 1.54) is 18.2 Å². The molecular formula is C19H6Br6INO7S. The third kappa shape index (κ3) is 5.74. The fourth-order valence-electron chi connectivity index (χ4n) is 3.10. The Hall–Kier alpha value is 0.0500. The molecule has 2 aromatic carbocycles. The van der Waals surface area contributed by atoms with E-state index < -0.39 is 31.4 Å². The summed E-state index contributed by atoms with van der Waals surface area (Å²) in [6.07, 6.45) is 2.90. The van der Waals surface area contributed by atoms with Crippen molar-refractivity contribution >= 4 is 145 Å². The number of halogens is 7. The van der Waals surface area contributed by atoms with Crippen molar-refractivity contribution < 1.29 is 27.8 Å². The average molecular weight is 999 g/mol. The molecule has 16 heteroatoms. The Morgan fingerprint density at radius 2 is 1.54 bits per heavy atom. The van der Waals surface area contributed by atoms with Gasteiger partial charge < -0.3 is 5.11 Å². The fourth-order valence-corrected chi connectivity index (χ4v) is 8.99. The number of nitro groups is 1. The van der Waals surface area contributed by atoms with E-state index in [-0.39, 0.29) is 48.4 Å². The second-order valence-electron chi connectivity index (χ2n) is 6.66. The van der Waals surface area contributed by atoms with Crippen LogP contribution in [0, 0.1) is 10.1 Å². The molecule has 0 saturated carbocycles. The number of rotatable bonds is 4. The molecule has 0 spiro atoms. The molecule has 0 radical (unpaired) electrons. The number of carbonyl (C=O) groups is 1. The normalized spacial score (nSPS) is 15.6. The number of phenols is 1. The number of carbonyl (C=O) groups excluding carboxylic acids is 1. The Bertz CT molecular complexity index is 1530. The van der Waals surface area contributed by atoms with Gasteiger partial charge in [-0.3, -0.25) is 19.5 Å². The van der Waals surface area contributed by atoms with Gasteiger partial charge in [-0.15, -0.1) is 0 Å². The Morgan fingerprint density at radius 3 is 2.06 bits per heavy atom. The number of aromatic hydroxyl groups is 1. The van der Waals surface area contributed by atoms with Crippen LogP contribution in [0.5, 0.6) is 5.75 Å². The standard InChI is InChI=1S/C19H6Br6INO7S/c20-7-1-5(3-9(26)17(7)28)11(6-2-8(21)18(29)10(4-6)27(30)31)12-13(22)14(23)15(24)16(25)19(12)35(32,33)34/h1-4,29H,(H,32,33,34). The van der Waals surface area contributed by atoms with Crippen molar-refractivity contribution in [2.75, 3.05) is 0 Å². The molecular weight excluding hydrogens is 993 g/mol. The second-order valence-corrected chi connectivity index (χ2v) is 14.1. The molecule has 8 nitrogen and oxygen atoms in total. The van der Waals surface area contributed by atoms with Crippen LogP contribution in [-0.4, -0.2) is 28.8 Å². The number of benzene rings is 2. The molecule has 0 bridgehead atoms. The van der Waals surface area contributed by atoms with Crippen LogP contribution in [-0.2, 0) is 14.9 Å². The summed E-state index contributed by atoms with van der Waals surface area (Å²) in [5.41, 5.74) is -0.224. The molecule has 2 aromatic rings. The van der Waals surface area contributed by atoms with Crippen LogP contribution in [0.25, 0.3) is 5.57 Å². The van der Waals surface area contributed by atoms with E-state index in [0.29, 0.717) is 10.0 Å². The smallest absolute Gasteiger partial charge is 0.312 e. The monoisotopic (exact) mass is 992 g/mol. The highest BCUT2D eigenvalue weighted by atomic mass is 127. The summed E-state index contributed by atoms with van der Waals surface area (Å²) in [4.78, 5) is 22.6. The Kier molecular flexibility index (Phi) is 9.34. The van der Waals surface area contributed by atoms with Crippen molar-refractivity contribution in [2.45, 2.75) is 4.90 Å². The molecule has 1 aliphatic carbocycles. The van der Waals surface area contributed by atoms with Gasteiger partial charge in [0.15, 0.2) is 0 Å². The summed E-state index contributed by atoms with van der Waals surface area (Å²) in [7, 11) is -4.88. The molecule has 0 heterocycles. The van der Waals surface area contributed by atoms with Gasteiger partial charge in [0.1, 0.15) is 4.90 Å². The van der Waals surface area contributed by atoms with Crippen molar-refractivity contribution in [1.82, 2.24) is 0 Å². The van der Waals surface area contributed by atoms with Gasteiger partial charge in [-0.1, -0.05) is 0 Å². The summed E-state index contributed by atoms with van der Waals surface area (Å²) < 4.78 is 36.5. The predicted octanol–water partition coefficient (Wildman–Crippen LogP) is 8.34.